The van der Waals surface area contributed by atoms with Crippen LogP contribution in [0.5, 0.6) is 0 Å². The Morgan fingerprint density at radius 1 is 0.879 bits per heavy atom. The highest BCUT2D eigenvalue weighted by Crippen LogP contribution is 2.09. The second-order valence-electron chi connectivity index (χ2n) is 8.39. The van der Waals surface area contributed by atoms with E-state index < -0.39 is 41.8 Å². The van der Waals surface area contributed by atoms with E-state index in [4.69, 9.17) is 11.5 Å². The second kappa shape index (κ2) is 15.0. The Morgan fingerprint density at radius 3 is 2.03 bits per heavy atom. The van der Waals surface area contributed by atoms with E-state index in [9.17, 15) is 24.3 Å². The first-order chi connectivity index (χ1) is 15.7. The standard InChI is InChI=1S/C23H37N5O5/c1-15(2)12-18(21(30)27-17(23(32)33)10-6-7-11-24)28-22(31)19(26-20(29)14-25)13-16-8-4-3-5-9-16/h3-5,8-9,15,17-19H,6-7,10-14,24-25H2,1-2H3,(H,26,29)(H,27,30)(H,28,31)(H,32,33). The molecular weight excluding hydrogens is 426 g/mol. The molecule has 8 N–H and O–H groups in total. The Kier molecular flexibility index (Phi) is 12.7. The molecule has 0 aromatic heterocycles. The lowest BCUT2D eigenvalue weighted by molar-refractivity contribution is -0.142. The van der Waals surface area contributed by atoms with Crippen molar-refractivity contribution in [3.8, 4) is 0 Å². The van der Waals surface area contributed by atoms with Crippen LogP contribution in [0.3, 0.4) is 0 Å². The number of carboxylic acids is 1. The van der Waals surface area contributed by atoms with Crippen LogP contribution < -0.4 is 27.4 Å². The van der Waals surface area contributed by atoms with E-state index in [2.05, 4.69) is 16.0 Å². The maximum absolute atomic E-state index is 13.0. The smallest absolute Gasteiger partial charge is 0.326 e. The predicted molar refractivity (Wildman–Crippen MR) is 125 cm³/mol. The normalized spacial score (nSPS) is 13.6. The van der Waals surface area contributed by atoms with E-state index in [1.807, 2.05) is 44.2 Å². The van der Waals surface area contributed by atoms with Gasteiger partial charge in [-0.1, -0.05) is 44.2 Å². The molecule has 0 aliphatic rings. The molecule has 10 nitrogen and oxygen atoms in total. The number of amides is 3. The summed E-state index contributed by atoms with van der Waals surface area (Å²) in [7, 11) is 0. The number of aliphatic carboxylic acids is 1. The van der Waals surface area contributed by atoms with Crippen molar-refractivity contribution >= 4 is 23.7 Å². The molecular formula is C23H37N5O5. The first kappa shape index (κ1) is 28.1. The summed E-state index contributed by atoms with van der Waals surface area (Å²) in [5, 5.41) is 17.3. The number of hydrogen-bond donors (Lipinski definition) is 6. The lowest BCUT2D eigenvalue weighted by Crippen LogP contribution is -2.57. The minimum Gasteiger partial charge on any atom is -0.480 e. The molecule has 3 atom stereocenters. The Morgan fingerprint density at radius 2 is 1.48 bits per heavy atom. The van der Waals surface area contributed by atoms with Crippen LogP contribution in [-0.4, -0.2) is 60.0 Å². The largest absolute Gasteiger partial charge is 0.480 e. The van der Waals surface area contributed by atoms with Crippen molar-refractivity contribution in [3.63, 3.8) is 0 Å². The molecule has 0 spiro atoms. The van der Waals surface area contributed by atoms with Crippen LogP contribution in [0.25, 0.3) is 0 Å². The number of rotatable bonds is 15. The molecule has 33 heavy (non-hydrogen) atoms. The highest BCUT2D eigenvalue weighted by Gasteiger charge is 2.30. The van der Waals surface area contributed by atoms with E-state index in [0.717, 1.165) is 5.56 Å². The van der Waals surface area contributed by atoms with E-state index >= 15 is 0 Å². The van der Waals surface area contributed by atoms with Crippen molar-refractivity contribution in [3.05, 3.63) is 35.9 Å². The molecule has 10 heteroatoms. The summed E-state index contributed by atoms with van der Waals surface area (Å²) < 4.78 is 0. The average molecular weight is 464 g/mol. The zero-order valence-electron chi connectivity index (χ0n) is 19.4. The van der Waals surface area contributed by atoms with Crippen LogP contribution >= 0.6 is 0 Å². The highest BCUT2D eigenvalue weighted by molar-refractivity contribution is 5.93. The van der Waals surface area contributed by atoms with Crippen LogP contribution in [0.2, 0.25) is 0 Å². The van der Waals surface area contributed by atoms with Crippen molar-refractivity contribution in [2.45, 2.75) is 64.1 Å². The van der Waals surface area contributed by atoms with Gasteiger partial charge in [0.25, 0.3) is 0 Å². The number of hydrogen-bond acceptors (Lipinski definition) is 6. The number of carbonyl (C=O) groups excluding carboxylic acids is 3. The highest BCUT2D eigenvalue weighted by atomic mass is 16.4. The molecule has 1 aromatic rings. The Balaban J connectivity index is 2.96. The molecule has 1 aromatic carbocycles. The number of nitrogens with one attached hydrogen (secondary N) is 3. The van der Waals surface area contributed by atoms with Crippen molar-refractivity contribution in [1.29, 1.82) is 0 Å². The molecule has 3 amide bonds. The second-order valence-corrected chi connectivity index (χ2v) is 8.39. The molecule has 0 saturated heterocycles. The van der Waals surface area contributed by atoms with E-state index in [1.165, 1.54) is 0 Å². The van der Waals surface area contributed by atoms with Crippen LogP contribution in [0.1, 0.15) is 45.1 Å². The van der Waals surface area contributed by atoms with Crippen LogP contribution in [0.15, 0.2) is 30.3 Å². The van der Waals surface area contributed by atoms with E-state index in [0.29, 0.717) is 25.8 Å². The van der Waals surface area contributed by atoms with Crippen molar-refractivity contribution in [2.75, 3.05) is 13.1 Å². The molecule has 0 aliphatic carbocycles. The van der Waals surface area contributed by atoms with Crippen molar-refractivity contribution in [2.24, 2.45) is 17.4 Å². The first-order valence-electron chi connectivity index (χ1n) is 11.2. The molecule has 3 unspecified atom stereocenters. The summed E-state index contributed by atoms with van der Waals surface area (Å²) in [6, 6.07) is 6.16. The summed E-state index contributed by atoms with van der Waals surface area (Å²) in [5.41, 5.74) is 11.7. The fraction of sp³-hybridized carbons (Fsp3) is 0.565. The van der Waals surface area contributed by atoms with Gasteiger partial charge in [-0.05, 0) is 43.7 Å². The zero-order valence-corrected chi connectivity index (χ0v) is 19.4. The average Bonchev–Trinajstić information content (AvgIpc) is 2.77. The van der Waals surface area contributed by atoms with E-state index in [-0.39, 0.29) is 25.3 Å². The van der Waals surface area contributed by atoms with Gasteiger partial charge in [0.2, 0.25) is 17.7 Å². The molecule has 1 rings (SSSR count). The molecule has 0 fully saturated rings. The molecule has 0 saturated carbocycles. The van der Waals surface area contributed by atoms with Crippen molar-refractivity contribution in [1.82, 2.24) is 16.0 Å². The minimum absolute atomic E-state index is 0.0489. The number of nitrogens with two attached hydrogens (primary N) is 2. The lowest BCUT2D eigenvalue weighted by atomic mass is 10.0. The van der Waals surface area contributed by atoms with Gasteiger partial charge in [0.05, 0.1) is 6.54 Å². The van der Waals surface area contributed by atoms with Crippen LogP contribution in [0.4, 0.5) is 0 Å². The number of benzene rings is 1. The van der Waals surface area contributed by atoms with Gasteiger partial charge >= 0.3 is 5.97 Å². The van der Waals surface area contributed by atoms with Gasteiger partial charge in [0.15, 0.2) is 0 Å². The number of carboxylic acid groups (broad SMARTS) is 1. The fourth-order valence-electron chi connectivity index (χ4n) is 3.31. The minimum atomic E-state index is -1.15. The number of unbranched alkanes of at least 4 members (excludes halogenated alkanes) is 1. The molecule has 0 bridgehead atoms. The van der Waals surface area contributed by atoms with Crippen LogP contribution in [-0.2, 0) is 25.6 Å². The maximum atomic E-state index is 13.0. The summed E-state index contributed by atoms with van der Waals surface area (Å²) in [6.45, 7) is 3.93. The molecule has 0 heterocycles. The number of carbonyl (C=O) groups is 4. The maximum Gasteiger partial charge on any atom is 0.326 e. The summed E-state index contributed by atoms with van der Waals surface area (Å²) >= 11 is 0. The Hall–Kier alpha value is -2.98. The predicted octanol–water partition coefficient (Wildman–Crippen LogP) is -0.0981. The van der Waals surface area contributed by atoms with Gasteiger partial charge in [0, 0.05) is 6.42 Å². The molecule has 184 valence electrons. The third-order valence-corrected chi connectivity index (χ3v) is 5.02. The SMILES string of the molecule is CC(C)CC(NC(=O)C(Cc1ccccc1)NC(=O)CN)C(=O)NC(CCCCN)C(=O)O. The van der Waals surface area contributed by atoms with Gasteiger partial charge < -0.3 is 32.5 Å². The summed E-state index contributed by atoms with van der Waals surface area (Å²) in [6.07, 6.45) is 1.96. The van der Waals surface area contributed by atoms with Gasteiger partial charge in [-0.3, -0.25) is 14.4 Å². The van der Waals surface area contributed by atoms with Crippen molar-refractivity contribution < 1.29 is 24.3 Å². The van der Waals surface area contributed by atoms with E-state index in [1.54, 1.807) is 0 Å². The van der Waals surface area contributed by atoms with Gasteiger partial charge in [0.1, 0.15) is 18.1 Å². The quantitative estimate of drug-likeness (QED) is 0.197. The first-order valence-corrected chi connectivity index (χ1v) is 11.2. The molecule has 0 aliphatic heterocycles. The van der Waals surface area contributed by atoms with Gasteiger partial charge in [-0.15, -0.1) is 0 Å². The Bertz CT molecular complexity index is 772. The third-order valence-electron chi connectivity index (χ3n) is 5.02. The monoisotopic (exact) mass is 463 g/mol. The van der Waals surface area contributed by atoms with Gasteiger partial charge in [-0.25, -0.2) is 4.79 Å². The summed E-state index contributed by atoms with van der Waals surface area (Å²) in [5.74, 6) is -2.72. The molecule has 0 radical (unpaired) electrons. The summed E-state index contributed by atoms with van der Waals surface area (Å²) in [4.78, 5) is 49.4. The third kappa shape index (κ3) is 10.9. The fourth-order valence-corrected chi connectivity index (χ4v) is 3.31. The lowest BCUT2D eigenvalue weighted by Gasteiger charge is -2.25. The topological polar surface area (TPSA) is 177 Å². The zero-order chi connectivity index (χ0) is 24.8. The van der Waals surface area contributed by atoms with Crippen LogP contribution in [0, 0.1) is 5.92 Å². The Labute approximate surface area is 194 Å². The van der Waals surface area contributed by atoms with Gasteiger partial charge in [-0.2, -0.15) is 0 Å².